The summed E-state index contributed by atoms with van der Waals surface area (Å²) in [5.74, 6) is -0.467. The third kappa shape index (κ3) is 6.84. The van der Waals surface area contributed by atoms with Crippen LogP contribution < -0.4 is 5.69 Å². The molecule has 3 aromatic heterocycles. The van der Waals surface area contributed by atoms with Gasteiger partial charge in [0, 0.05) is 37.4 Å². The van der Waals surface area contributed by atoms with Crippen molar-refractivity contribution >= 4 is 68.4 Å². The highest BCUT2D eigenvalue weighted by Gasteiger charge is 2.17. The molecule has 0 bridgehead atoms. The Kier molecular flexibility index (Phi) is 9.47. The quantitative estimate of drug-likeness (QED) is 0.122. The second-order valence-corrected chi connectivity index (χ2v) is 12.6. The van der Waals surface area contributed by atoms with Crippen molar-refractivity contribution in [2.75, 3.05) is 11.5 Å². The van der Waals surface area contributed by atoms with E-state index in [2.05, 4.69) is 24.1 Å². The van der Waals surface area contributed by atoms with Crippen molar-refractivity contribution in [1.82, 2.24) is 23.3 Å². The Bertz CT molecular complexity index is 1710. The number of aromatic nitrogens is 5. The molecule has 3 rings (SSSR count). The van der Waals surface area contributed by atoms with Gasteiger partial charge in [0.2, 0.25) is 0 Å². The van der Waals surface area contributed by atoms with Crippen molar-refractivity contribution in [1.29, 1.82) is 0 Å². The molecule has 0 radical (unpaired) electrons. The van der Waals surface area contributed by atoms with E-state index in [4.69, 9.17) is 26.3 Å². The van der Waals surface area contributed by atoms with Gasteiger partial charge in [-0.3, -0.25) is 18.2 Å². The average molecular weight is 606 g/mol. The highest BCUT2D eigenvalue weighted by molar-refractivity contribution is 7.86. The molecule has 38 heavy (non-hydrogen) atoms. The second kappa shape index (κ2) is 11.9. The van der Waals surface area contributed by atoms with Crippen LogP contribution in [-0.4, -0.2) is 60.7 Å². The van der Waals surface area contributed by atoms with E-state index in [0.717, 1.165) is 23.4 Å². The van der Waals surface area contributed by atoms with E-state index in [1.807, 2.05) is 24.5 Å². The second-order valence-electron chi connectivity index (χ2n) is 8.69. The molecule has 0 spiro atoms. The topological polar surface area (TPSA) is 158 Å². The van der Waals surface area contributed by atoms with E-state index in [9.17, 15) is 21.6 Å². The van der Waals surface area contributed by atoms with Crippen LogP contribution in [0.15, 0.2) is 15.9 Å². The largest absolute Gasteiger partial charge is 0.330 e. The maximum absolute atomic E-state index is 13.2. The maximum atomic E-state index is 13.2. The number of fused-ring (bicyclic) bond motifs is 1. The van der Waals surface area contributed by atoms with Crippen LogP contribution in [0.2, 0.25) is 0 Å². The number of hydrogen-bond donors (Lipinski definition) is 3. The van der Waals surface area contributed by atoms with Gasteiger partial charge in [-0.1, -0.05) is 12.2 Å². The fourth-order valence-corrected chi connectivity index (χ4v) is 6.13. The lowest BCUT2D eigenvalue weighted by Crippen LogP contribution is -2.34. The highest BCUT2D eigenvalue weighted by atomic mass is 32.2. The van der Waals surface area contributed by atoms with Crippen LogP contribution in [0.5, 0.6) is 0 Å². The molecule has 2 N–H and O–H groups in total. The predicted octanol–water partition coefficient (Wildman–Crippen LogP) is 2.89. The summed E-state index contributed by atoms with van der Waals surface area (Å²) in [7, 11) is -8.48. The summed E-state index contributed by atoms with van der Waals surface area (Å²) >= 11 is 10.1. The summed E-state index contributed by atoms with van der Waals surface area (Å²) < 4.78 is 69.6. The first-order chi connectivity index (χ1) is 17.7. The smallest absolute Gasteiger partial charge is 0.330 e. The lowest BCUT2D eigenvalue weighted by molar-refractivity contribution is 0.468. The van der Waals surface area contributed by atoms with Crippen molar-refractivity contribution in [3.63, 3.8) is 0 Å². The van der Waals surface area contributed by atoms with Crippen LogP contribution in [0.4, 0.5) is 0 Å². The molecule has 0 saturated carbocycles. The van der Waals surface area contributed by atoms with Crippen LogP contribution in [0.25, 0.3) is 23.3 Å². The normalized spacial score (nSPS) is 12.8. The van der Waals surface area contributed by atoms with E-state index in [1.165, 1.54) is 9.13 Å². The molecular formula is C22H31N5O7S4. The van der Waals surface area contributed by atoms with Gasteiger partial charge in [0.1, 0.15) is 21.6 Å². The molecule has 210 valence electrons. The molecular weight excluding hydrogens is 575 g/mol. The fraction of sp³-hybridized carbons (Fsp3) is 0.500. The van der Waals surface area contributed by atoms with Crippen LogP contribution in [-0.2, 0) is 46.4 Å². The minimum Gasteiger partial charge on any atom is -0.330 e. The Morgan fingerprint density at radius 1 is 0.947 bits per heavy atom. The minimum absolute atomic E-state index is 0.0667. The third-order valence-corrected chi connectivity index (χ3v) is 8.59. The summed E-state index contributed by atoms with van der Waals surface area (Å²) in [5.41, 5.74) is 2.68. The molecule has 3 heterocycles. The molecule has 12 nitrogen and oxygen atoms in total. The summed E-state index contributed by atoms with van der Waals surface area (Å²) in [4.78, 5) is 17.9. The number of nitrogens with zero attached hydrogens (tertiary/aromatic N) is 5. The summed E-state index contributed by atoms with van der Waals surface area (Å²) in [5, 5.41) is 0.186. The Morgan fingerprint density at radius 3 is 2.03 bits per heavy atom. The summed E-state index contributed by atoms with van der Waals surface area (Å²) in [6.07, 6.45) is 3.27. The van der Waals surface area contributed by atoms with Crippen LogP contribution in [0, 0.1) is 11.6 Å². The van der Waals surface area contributed by atoms with Gasteiger partial charge in [0.15, 0.2) is 0 Å². The van der Waals surface area contributed by atoms with E-state index in [1.54, 1.807) is 12.2 Å². The highest BCUT2D eigenvalue weighted by Crippen LogP contribution is 2.24. The Morgan fingerprint density at radius 2 is 1.50 bits per heavy atom. The summed E-state index contributed by atoms with van der Waals surface area (Å²) in [6, 6.07) is 2.00. The van der Waals surface area contributed by atoms with Gasteiger partial charge in [-0.25, -0.2) is 9.78 Å². The van der Waals surface area contributed by atoms with E-state index in [0.29, 0.717) is 17.9 Å². The zero-order valence-electron chi connectivity index (χ0n) is 21.2. The molecule has 16 heteroatoms. The molecule has 0 aliphatic heterocycles. The van der Waals surface area contributed by atoms with E-state index >= 15 is 0 Å². The predicted molar refractivity (Wildman–Crippen MR) is 152 cm³/mol. The van der Waals surface area contributed by atoms with Gasteiger partial charge in [0.05, 0.1) is 16.5 Å². The van der Waals surface area contributed by atoms with Crippen molar-refractivity contribution in [2.45, 2.75) is 64.8 Å². The third-order valence-electron chi connectivity index (χ3n) is 6.06. The molecule has 0 fully saturated rings. The van der Waals surface area contributed by atoms with Crippen molar-refractivity contribution in [3.8, 4) is 0 Å². The van der Waals surface area contributed by atoms with Gasteiger partial charge < -0.3 is 9.13 Å². The minimum atomic E-state index is -4.24. The zero-order chi connectivity index (χ0) is 28.4. The molecule has 0 amide bonds. The van der Waals surface area contributed by atoms with Gasteiger partial charge in [-0.05, 0) is 51.8 Å². The number of imidazole rings is 1. The van der Waals surface area contributed by atoms with E-state index in [-0.39, 0.29) is 35.6 Å². The monoisotopic (exact) mass is 605 g/mol. The Hall–Kier alpha value is -2.24. The standard InChI is InChI=1S/C22H31N5O7S4/c1-4-24-15(3)14-17-19(24)25(5-2)18(23-17)9-8-16-20(35)26(10-6-12-37(29,30)31)22(28)27(21(16)36)11-7-13-38(32,33)34/h8-9,14,35H,4-7,10-13H2,1-3H3,(H,29,30,31)(H,32,33,34)/b9-8+. The Balaban J connectivity index is 2.11. The number of thiol groups is 1. The molecule has 0 aliphatic rings. The molecule has 0 saturated heterocycles. The number of rotatable bonds is 12. The lowest BCUT2D eigenvalue weighted by atomic mass is 10.2. The van der Waals surface area contributed by atoms with Crippen molar-refractivity contribution in [3.05, 3.63) is 38.3 Å². The van der Waals surface area contributed by atoms with E-state index < -0.39 is 37.4 Å². The molecule has 0 atom stereocenters. The first-order valence-corrected chi connectivity index (χ1v) is 16.0. The zero-order valence-corrected chi connectivity index (χ0v) is 24.6. The number of hydrogen-bond acceptors (Lipinski definition) is 8. The first-order valence-electron chi connectivity index (χ1n) is 11.9. The van der Waals surface area contributed by atoms with Crippen LogP contribution >= 0.6 is 24.8 Å². The number of aryl methyl sites for hydroxylation is 3. The maximum Gasteiger partial charge on any atom is 0.330 e. The Labute approximate surface area is 231 Å². The average Bonchev–Trinajstić information content (AvgIpc) is 3.29. The van der Waals surface area contributed by atoms with Gasteiger partial charge in [-0.15, -0.1) is 12.6 Å². The molecule has 0 aromatic carbocycles. The first kappa shape index (κ1) is 30.3. The van der Waals surface area contributed by atoms with Crippen LogP contribution in [0.3, 0.4) is 0 Å². The van der Waals surface area contributed by atoms with Crippen molar-refractivity contribution < 1.29 is 25.9 Å². The molecule has 3 aromatic rings. The molecule has 0 aliphatic carbocycles. The van der Waals surface area contributed by atoms with Gasteiger partial charge >= 0.3 is 5.69 Å². The van der Waals surface area contributed by atoms with Gasteiger partial charge in [-0.2, -0.15) is 16.8 Å². The van der Waals surface area contributed by atoms with Crippen molar-refractivity contribution in [2.24, 2.45) is 0 Å². The molecule has 0 unspecified atom stereocenters. The van der Waals surface area contributed by atoms with Gasteiger partial charge in [0.25, 0.3) is 20.2 Å². The van der Waals surface area contributed by atoms with Crippen LogP contribution in [0.1, 0.15) is 43.8 Å². The SMILES string of the molecule is CCn1c(C)cc2nc(/C=C/c3c(S)n(CCCS(=O)(=O)O)c(=O)n(CCCS(=O)(=O)O)c3=S)n(CC)c21. The lowest BCUT2D eigenvalue weighted by Gasteiger charge is -2.16. The fourth-order valence-electron chi connectivity index (χ4n) is 4.36. The summed E-state index contributed by atoms with van der Waals surface area (Å²) in [6.45, 7) is 7.32.